The number of rotatable bonds is 2. The molecule has 0 spiro atoms. The van der Waals surface area contributed by atoms with Crippen molar-refractivity contribution in [2.45, 2.75) is 33.7 Å². The molecule has 3 aromatic rings. The van der Waals surface area contributed by atoms with Gasteiger partial charge in [-0.15, -0.1) is 0 Å². The van der Waals surface area contributed by atoms with Crippen LogP contribution in [-0.2, 0) is 20.0 Å². The van der Waals surface area contributed by atoms with Gasteiger partial charge in [0.1, 0.15) is 0 Å². The lowest BCUT2D eigenvalue weighted by Crippen LogP contribution is -2.12. The molecule has 0 bridgehead atoms. The van der Waals surface area contributed by atoms with E-state index in [2.05, 4.69) is 80.3 Å². The van der Waals surface area contributed by atoms with Crippen LogP contribution in [-0.4, -0.2) is 4.57 Å². The zero-order valence-electron chi connectivity index (χ0n) is 15.0. The third kappa shape index (κ3) is 2.02. The van der Waals surface area contributed by atoms with Crippen LogP contribution in [0.4, 0.5) is 5.69 Å². The molecule has 0 fully saturated rings. The van der Waals surface area contributed by atoms with Gasteiger partial charge in [0.25, 0.3) is 0 Å². The molecule has 0 saturated carbocycles. The van der Waals surface area contributed by atoms with Crippen molar-refractivity contribution in [1.82, 2.24) is 4.57 Å². The first-order valence-electron chi connectivity index (χ1n) is 8.65. The second-order valence-electron chi connectivity index (χ2n) is 6.85. The fourth-order valence-corrected chi connectivity index (χ4v) is 3.82. The van der Waals surface area contributed by atoms with E-state index in [4.69, 9.17) is 0 Å². The minimum Gasteiger partial charge on any atom is -0.348 e. The Balaban J connectivity index is 1.79. The molecule has 0 radical (unpaired) electrons. The predicted octanol–water partition coefficient (Wildman–Crippen LogP) is 5.35. The molecule has 2 heterocycles. The highest BCUT2D eigenvalue weighted by molar-refractivity contribution is 5.92. The Morgan fingerprint density at radius 2 is 1.88 bits per heavy atom. The minimum absolute atomic E-state index is 0.911. The Morgan fingerprint density at radius 1 is 1.08 bits per heavy atom. The smallest absolute Gasteiger partial charge is 0.0488 e. The summed E-state index contributed by atoms with van der Waals surface area (Å²) in [5, 5.41) is 1.34. The van der Waals surface area contributed by atoms with E-state index in [1.807, 2.05) is 0 Å². The Bertz CT molecular complexity index is 975. The molecule has 1 aliphatic heterocycles. The summed E-state index contributed by atoms with van der Waals surface area (Å²) in [5.74, 6) is 0. The van der Waals surface area contributed by atoms with Gasteiger partial charge in [-0.2, -0.15) is 0 Å². The van der Waals surface area contributed by atoms with Crippen molar-refractivity contribution in [1.29, 1.82) is 0 Å². The molecule has 2 aromatic carbocycles. The van der Waals surface area contributed by atoms with Gasteiger partial charge in [-0.3, -0.25) is 0 Å². The SMILES string of the molecule is C=C1c2cc(CC)ccc2CN1c1ccc2c(c1)c(C)c(C)n2C. The lowest BCUT2D eigenvalue weighted by atomic mass is 10.0. The molecule has 2 nitrogen and oxygen atoms in total. The number of hydrogen-bond acceptors (Lipinski definition) is 1. The predicted molar refractivity (Wildman–Crippen MR) is 103 cm³/mol. The minimum atomic E-state index is 0.911. The van der Waals surface area contributed by atoms with Crippen LogP contribution in [0.15, 0.2) is 43.0 Å². The molecule has 24 heavy (non-hydrogen) atoms. The highest BCUT2D eigenvalue weighted by atomic mass is 15.2. The maximum absolute atomic E-state index is 4.37. The normalized spacial score (nSPS) is 13.8. The van der Waals surface area contributed by atoms with Crippen LogP contribution in [0, 0.1) is 13.8 Å². The van der Waals surface area contributed by atoms with Gasteiger partial charge in [-0.05, 0) is 61.2 Å². The molecular formula is C22H24N2. The van der Waals surface area contributed by atoms with Crippen molar-refractivity contribution in [3.05, 3.63) is 70.9 Å². The second kappa shape index (κ2) is 5.27. The number of hydrogen-bond donors (Lipinski definition) is 0. The number of benzene rings is 2. The van der Waals surface area contributed by atoms with Crippen LogP contribution in [0.2, 0.25) is 0 Å². The molecule has 1 aromatic heterocycles. The molecule has 0 saturated heterocycles. The molecule has 1 aliphatic rings. The Hall–Kier alpha value is -2.48. The zero-order valence-corrected chi connectivity index (χ0v) is 15.0. The van der Waals surface area contributed by atoms with Crippen molar-refractivity contribution in [3.8, 4) is 0 Å². The number of aromatic nitrogens is 1. The maximum Gasteiger partial charge on any atom is 0.0488 e. The third-order valence-electron chi connectivity index (χ3n) is 5.65. The molecule has 0 aliphatic carbocycles. The summed E-state index contributed by atoms with van der Waals surface area (Å²) in [7, 11) is 2.14. The molecule has 0 atom stereocenters. The van der Waals surface area contributed by atoms with Gasteiger partial charge in [0.05, 0.1) is 0 Å². The maximum atomic E-state index is 4.37. The van der Waals surface area contributed by atoms with Crippen molar-refractivity contribution in [3.63, 3.8) is 0 Å². The second-order valence-corrected chi connectivity index (χ2v) is 6.85. The van der Waals surface area contributed by atoms with Gasteiger partial charge in [-0.1, -0.05) is 25.6 Å². The fourth-order valence-electron chi connectivity index (χ4n) is 3.82. The quantitative estimate of drug-likeness (QED) is 0.619. The molecule has 2 heteroatoms. The zero-order chi connectivity index (χ0) is 17.0. The average Bonchev–Trinajstić information content (AvgIpc) is 3.05. The van der Waals surface area contributed by atoms with Gasteiger partial charge < -0.3 is 9.47 Å². The lowest BCUT2D eigenvalue weighted by Gasteiger charge is -2.20. The Morgan fingerprint density at radius 3 is 2.62 bits per heavy atom. The van der Waals surface area contributed by atoms with Crippen LogP contribution in [0.25, 0.3) is 16.6 Å². The molecule has 0 unspecified atom stereocenters. The largest absolute Gasteiger partial charge is 0.348 e. The van der Waals surface area contributed by atoms with E-state index in [0.29, 0.717) is 0 Å². The summed E-state index contributed by atoms with van der Waals surface area (Å²) in [5.41, 5.74) is 10.4. The van der Waals surface area contributed by atoms with Crippen molar-refractivity contribution < 1.29 is 0 Å². The van der Waals surface area contributed by atoms with Gasteiger partial charge in [0.15, 0.2) is 0 Å². The van der Waals surface area contributed by atoms with E-state index in [0.717, 1.165) is 18.7 Å². The van der Waals surface area contributed by atoms with Gasteiger partial charge in [0, 0.05) is 47.1 Å². The van der Waals surface area contributed by atoms with E-state index >= 15 is 0 Å². The van der Waals surface area contributed by atoms with Crippen molar-refractivity contribution in [2.75, 3.05) is 4.90 Å². The third-order valence-corrected chi connectivity index (χ3v) is 5.65. The number of anilines is 1. The first kappa shape index (κ1) is 15.1. The molecular weight excluding hydrogens is 292 g/mol. The monoisotopic (exact) mass is 316 g/mol. The van der Waals surface area contributed by atoms with Crippen molar-refractivity contribution >= 4 is 22.3 Å². The van der Waals surface area contributed by atoms with Crippen LogP contribution in [0.3, 0.4) is 0 Å². The van der Waals surface area contributed by atoms with Gasteiger partial charge >= 0.3 is 0 Å². The summed E-state index contributed by atoms with van der Waals surface area (Å²) in [6, 6.07) is 13.6. The Kier molecular flexibility index (Phi) is 3.31. The molecule has 0 amide bonds. The summed E-state index contributed by atoms with van der Waals surface area (Å²) in [4.78, 5) is 2.34. The van der Waals surface area contributed by atoms with E-state index in [-0.39, 0.29) is 0 Å². The first-order valence-corrected chi connectivity index (χ1v) is 8.65. The fraction of sp³-hybridized carbons (Fsp3) is 0.273. The van der Waals surface area contributed by atoms with Crippen molar-refractivity contribution in [2.24, 2.45) is 7.05 Å². The molecule has 122 valence electrons. The van der Waals surface area contributed by atoms with Crippen LogP contribution < -0.4 is 4.90 Å². The van der Waals surface area contributed by atoms with Gasteiger partial charge in [0.2, 0.25) is 0 Å². The van der Waals surface area contributed by atoms with E-state index < -0.39 is 0 Å². The molecule has 0 N–H and O–H groups in total. The Labute approximate surface area is 144 Å². The summed E-state index contributed by atoms with van der Waals surface area (Å²) >= 11 is 0. The van der Waals surface area contributed by atoms with E-state index in [1.165, 1.54) is 44.5 Å². The molecule has 4 rings (SSSR count). The first-order chi connectivity index (χ1) is 11.5. The summed E-state index contributed by atoms with van der Waals surface area (Å²) in [6.45, 7) is 11.9. The van der Waals surface area contributed by atoms with Crippen LogP contribution >= 0.6 is 0 Å². The number of fused-ring (bicyclic) bond motifs is 2. The summed E-state index contributed by atoms with van der Waals surface area (Å²) in [6.07, 6.45) is 1.06. The lowest BCUT2D eigenvalue weighted by molar-refractivity contribution is 0.910. The number of nitrogens with zero attached hydrogens (tertiary/aromatic N) is 2. The highest BCUT2D eigenvalue weighted by Gasteiger charge is 2.24. The standard InChI is InChI=1S/C22H24N2/c1-6-17-7-8-18-13-24(16(4)21(18)11-17)19-9-10-22-20(12-19)14(2)15(3)23(22)5/h7-12H,4,6,13H2,1-3,5H3. The topological polar surface area (TPSA) is 8.17 Å². The average molecular weight is 316 g/mol. The summed E-state index contributed by atoms with van der Waals surface area (Å²) < 4.78 is 2.27. The van der Waals surface area contributed by atoms with Gasteiger partial charge in [-0.25, -0.2) is 0 Å². The highest BCUT2D eigenvalue weighted by Crippen LogP contribution is 2.38. The van der Waals surface area contributed by atoms with E-state index in [9.17, 15) is 0 Å². The van der Waals surface area contributed by atoms with E-state index in [1.54, 1.807) is 0 Å². The van der Waals surface area contributed by atoms with Crippen LogP contribution in [0.1, 0.15) is 34.9 Å². The van der Waals surface area contributed by atoms with Crippen LogP contribution in [0.5, 0.6) is 0 Å². The number of aryl methyl sites for hydroxylation is 3.